The van der Waals surface area contributed by atoms with E-state index in [0.717, 1.165) is 5.69 Å². The minimum absolute atomic E-state index is 0.0549. The van der Waals surface area contributed by atoms with Gasteiger partial charge in [-0.3, -0.25) is 4.98 Å². The molecule has 120 valence electrons. The number of phenols is 1. The van der Waals surface area contributed by atoms with E-state index >= 15 is 0 Å². The summed E-state index contributed by atoms with van der Waals surface area (Å²) in [4.78, 5) is 7.65. The van der Waals surface area contributed by atoms with Crippen LogP contribution in [0.4, 0.5) is 5.69 Å². The Labute approximate surface area is 149 Å². The largest absolute Gasteiger partial charge is 0.506 e. The van der Waals surface area contributed by atoms with E-state index in [1.165, 1.54) is 4.88 Å². The van der Waals surface area contributed by atoms with Crippen molar-refractivity contribution in [1.29, 1.82) is 0 Å². The molecular weight excluding hydrogens is 338 g/mol. The molecule has 0 saturated carbocycles. The van der Waals surface area contributed by atoms with Gasteiger partial charge in [0.05, 0.1) is 23.5 Å². The highest BCUT2D eigenvalue weighted by Crippen LogP contribution is 2.45. The van der Waals surface area contributed by atoms with Crippen molar-refractivity contribution >= 4 is 34.4 Å². The van der Waals surface area contributed by atoms with Crippen LogP contribution in [0.15, 0.2) is 66.2 Å². The maximum absolute atomic E-state index is 10.3. The summed E-state index contributed by atoms with van der Waals surface area (Å²) in [7, 11) is 0. The molecule has 0 aliphatic carbocycles. The number of anilines is 1. The molecule has 0 spiro atoms. The summed E-state index contributed by atoms with van der Waals surface area (Å²) >= 11 is 7.26. The van der Waals surface area contributed by atoms with E-state index < -0.39 is 0 Å². The number of nitrogens with zero attached hydrogens (tertiary/aromatic N) is 2. The molecule has 4 rings (SSSR count). The van der Waals surface area contributed by atoms with Crippen LogP contribution < -0.4 is 10.2 Å². The van der Waals surface area contributed by atoms with E-state index in [-0.39, 0.29) is 17.8 Å². The lowest BCUT2D eigenvalue weighted by molar-refractivity contribution is 0.473. The zero-order valence-electron chi connectivity index (χ0n) is 12.7. The summed E-state index contributed by atoms with van der Waals surface area (Å²) in [6.45, 7) is 0. The number of thiophene rings is 1. The summed E-state index contributed by atoms with van der Waals surface area (Å²) in [6.07, 6.45) is 1.79. The van der Waals surface area contributed by atoms with Crippen molar-refractivity contribution < 1.29 is 5.11 Å². The molecule has 0 amide bonds. The maximum atomic E-state index is 10.3. The van der Waals surface area contributed by atoms with Gasteiger partial charge in [0.25, 0.3) is 0 Å². The Balaban J connectivity index is 1.84. The molecule has 6 heteroatoms. The minimum Gasteiger partial charge on any atom is -0.506 e. The van der Waals surface area contributed by atoms with Crippen molar-refractivity contribution in [1.82, 2.24) is 10.3 Å². The molecule has 0 bridgehead atoms. The SMILES string of the molecule is Oc1ccccc1N1C(=S)N[C@H](c2ccccn2)[C@H]1c1cccs1. The van der Waals surface area contributed by atoms with Gasteiger partial charge in [-0.05, 0) is 47.9 Å². The van der Waals surface area contributed by atoms with E-state index in [1.807, 2.05) is 47.4 Å². The van der Waals surface area contributed by atoms with Crippen LogP contribution in [0.1, 0.15) is 22.7 Å². The molecule has 0 unspecified atom stereocenters. The van der Waals surface area contributed by atoms with Crippen LogP contribution in [0.3, 0.4) is 0 Å². The molecule has 3 heterocycles. The first kappa shape index (κ1) is 15.1. The number of nitrogens with one attached hydrogen (secondary N) is 1. The lowest BCUT2D eigenvalue weighted by Gasteiger charge is -2.27. The highest BCUT2D eigenvalue weighted by atomic mass is 32.1. The van der Waals surface area contributed by atoms with Crippen molar-refractivity contribution in [2.75, 3.05) is 4.90 Å². The summed E-state index contributed by atoms with van der Waals surface area (Å²) in [5.74, 6) is 0.213. The molecule has 3 aromatic rings. The molecule has 4 nitrogen and oxygen atoms in total. The summed E-state index contributed by atoms with van der Waals surface area (Å²) in [5, 5.41) is 16.3. The van der Waals surface area contributed by atoms with Crippen LogP contribution in [-0.4, -0.2) is 15.2 Å². The van der Waals surface area contributed by atoms with Gasteiger partial charge in [0.15, 0.2) is 5.11 Å². The number of pyridine rings is 1. The van der Waals surface area contributed by atoms with Crippen molar-refractivity contribution in [3.05, 3.63) is 76.7 Å². The fourth-order valence-electron chi connectivity index (χ4n) is 3.03. The molecule has 24 heavy (non-hydrogen) atoms. The lowest BCUT2D eigenvalue weighted by Crippen LogP contribution is -2.29. The van der Waals surface area contributed by atoms with Crippen LogP contribution in [0.2, 0.25) is 0 Å². The van der Waals surface area contributed by atoms with Crippen LogP contribution in [0.5, 0.6) is 5.75 Å². The Morgan fingerprint density at radius 2 is 1.92 bits per heavy atom. The second-order valence-electron chi connectivity index (χ2n) is 5.50. The molecule has 1 aromatic carbocycles. The quantitative estimate of drug-likeness (QED) is 0.696. The van der Waals surface area contributed by atoms with Gasteiger partial charge >= 0.3 is 0 Å². The number of hydrogen-bond acceptors (Lipinski definition) is 4. The number of hydrogen-bond donors (Lipinski definition) is 2. The van der Waals surface area contributed by atoms with Gasteiger partial charge in [0, 0.05) is 11.1 Å². The molecular formula is C18H15N3OS2. The van der Waals surface area contributed by atoms with Crippen molar-refractivity contribution in [2.24, 2.45) is 0 Å². The summed E-state index contributed by atoms with van der Waals surface area (Å²) < 4.78 is 0. The predicted octanol–water partition coefficient (Wildman–Crippen LogP) is 4.03. The zero-order valence-corrected chi connectivity index (χ0v) is 14.3. The number of aromatic nitrogens is 1. The van der Waals surface area contributed by atoms with Crippen molar-refractivity contribution in [3.63, 3.8) is 0 Å². The van der Waals surface area contributed by atoms with Crippen molar-refractivity contribution in [3.8, 4) is 5.75 Å². The van der Waals surface area contributed by atoms with E-state index in [1.54, 1.807) is 23.6 Å². The fraction of sp³-hybridized carbons (Fsp3) is 0.111. The first-order valence-corrected chi connectivity index (χ1v) is 8.86. The highest BCUT2D eigenvalue weighted by Gasteiger charge is 2.41. The third-order valence-electron chi connectivity index (χ3n) is 4.07. The number of thiocarbonyl (C=S) groups is 1. The smallest absolute Gasteiger partial charge is 0.174 e. The predicted molar refractivity (Wildman–Crippen MR) is 100 cm³/mol. The number of benzene rings is 1. The second-order valence-corrected chi connectivity index (χ2v) is 6.87. The zero-order chi connectivity index (χ0) is 16.5. The molecule has 1 aliphatic heterocycles. The third kappa shape index (κ3) is 2.53. The van der Waals surface area contributed by atoms with Crippen LogP contribution in [0.25, 0.3) is 0 Å². The first-order chi connectivity index (χ1) is 11.8. The molecule has 2 atom stereocenters. The molecule has 2 aromatic heterocycles. The van der Waals surface area contributed by atoms with Gasteiger partial charge in [-0.25, -0.2) is 0 Å². The van der Waals surface area contributed by atoms with E-state index in [2.05, 4.69) is 21.7 Å². The number of para-hydroxylation sites is 2. The average molecular weight is 353 g/mol. The average Bonchev–Trinajstić information content (AvgIpc) is 3.24. The Kier molecular flexibility index (Phi) is 3.92. The van der Waals surface area contributed by atoms with E-state index in [9.17, 15) is 5.11 Å². The van der Waals surface area contributed by atoms with E-state index in [4.69, 9.17) is 12.2 Å². The molecule has 1 aliphatic rings. The van der Waals surface area contributed by atoms with Gasteiger partial charge in [-0.1, -0.05) is 24.3 Å². The van der Waals surface area contributed by atoms with E-state index in [0.29, 0.717) is 10.8 Å². The normalized spacial score (nSPS) is 20.2. The van der Waals surface area contributed by atoms with Crippen LogP contribution >= 0.6 is 23.6 Å². The lowest BCUT2D eigenvalue weighted by atomic mass is 10.0. The van der Waals surface area contributed by atoms with Gasteiger partial charge in [0.2, 0.25) is 0 Å². The number of aromatic hydroxyl groups is 1. The minimum atomic E-state index is -0.0723. The maximum Gasteiger partial charge on any atom is 0.174 e. The fourth-order valence-corrected chi connectivity index (χ4v) is 4.22. The van der Waals surface area contributed by atoms with Gasteiger partial charge in [-0.15, -0.1) is 11.3 Å². The molecule has 1 fully saturated rings. The molecule has 1 saturated heterocycles. The van der Waals surface area contributed by atoms with Gasteiger partial charge in [-0.2, -0.15) is 0 Å². The summed E-state index contributed by atoms with van der Waals surface area (Å²) in [6, 6.07) is 17.1. The third-order valence-corrected chi connectivity index (χ3v) is 5.33. The summed E-state index contributed by atoms with van der Waals surface area (Å²) in [5.41, 5.74) is 1.63. The topological polar surface area (TPSA) is 48.4 Å². The molecule has 0 radical (unpaired) electrons. The highest BCUT2D eigenvalue weighted by molar-refractivity contribution is 7.80. The second kappa shape index (κ2) is 6.22. The number of phenolic OH excluding ortho intramolecular Hbond substituents is 1. The van der Waals surface area contributed by atoms with Crippen molar-refractivity contribution in [2.45, 2.75) is 12.1 Å². The number of rotatable bonds is 3. The van der Waals surface area contributed by atoms with Gasteiger partial charge in [0.1, 0.15) is 5.75 Å². The van der Waals surface area contributed by atoms with Crippen LogP contribution in [0, 0.1) is 0 Å². The Morgan fingerprint density at radius 1 is 1.08 bits per heavy atom. The first-order valence-electron chi connectivity index (χ1n) is 7.58. The molecule has 2 N–H and O–H groups in total. The Hall–Kier alpha value is -2.44. The Morgan fingerprint density at radius 3 is 2.62 bits per heavy atom. The Bertz CT molecular complexity index is 852. The van der Waals surface area contributed by atoms with Gasteiger partial charge < -0.3 is 15.3 Å². The monoisotopic (exact) mass is 353 g/mol. The van der Waals surface area contributed by atoms with Crippen LogP contribution in [-0.2, 0) is 0 Å². The standard InChI is InChI=1S/C18H15N3OS2/c22-14-8-2-1-7-13(14)21-17(15-9-5-11-24-15)16(20-18(21)23)12-6-3-4-10-19-12/h1-11,16-17,22H,(H,20,23)/t16-,17-/m1/s1.